The van der Waals surface area contributed by atoms with E-state index in [4.69, 9.17) is 5.73 Å². The smallest absolute Gasteiger partial charge is 0.234 e. The number of nitrogens with zero attached hydrogens (tertiary/aromatic N) is 1. The number of benzene rings is 1. The highest BCUT2D eigenvalue weighted by Crippen LogP contribution is 2.35. The second-order valence-corrected chi connectivity index (χ2v) is 6.20. The van der Waals surface area contributed by atoms with Crippen LogP contribution in [0.1, 0.15) is 26.7 Å². The number of hydrogen-bond donors (Lipinski definition) is 1. The van der Waals surface area contributed by atoms with E-state index in [0.29, 0.717) is 24.2 Å². The Morgan fingerprint density at radius 2 is 1.78 bits per heavy atom. The number of amides is 2. The maximum absolute atomic E-state index is 12.1. The quantitative estimate of drug-likeness (QED) is 0.641. The van der Waals surface area contributed by atoms with E-state index in [9.17, 15) is 9.59 Å². The standard InChI is InChI=1S/C13H15BrN2O2/c1-13(2)6-11(17)16(12(18)7-13)8-3-4-9(14)10(15)5-8/h3-5H,6-7,15H2,1-2H3. The van der Waals surface area contributed by atoms with Crippen LogP contribution in [0, 0.1) is 5.41 Å². The molecule has 2 rings (SSSR count). The molecule has 1 aliphatic rings. The normalized spacial score (nSPS) is 19.2. The number of hydrogen-bond acceptors (Lipinski definition) is 3. The van der Waals surface area contributed by atoms with Crippen LogP contribution in [0.15, 0.2) is 22.7 Å². The molecule has 1 saturated heterocycles. The van der Waals surface area contributed by atoms with Crippen molar-refractivity contribution >= 4 is 39.1 Å². The molecule has 96 valence electrons. The summed E-state index contributed by atoms with van der Waals surface area (Å²) in [6.07, 6.45) is 0.740. The number of piperidine rings is 1. The molecule has 0 aromatic heterocycles. The van der Waals surface area contributed by atoms with E-state index >= 15 is 0 Å². The molecule has 0 saturated carbocycles. The number of carbonyl (C=O) groups excluding carboxylic acids is 2. The third-order valence-corrected chi connectivity index (χ3v) is 3.72. The largest absolute Gasteiger partial charge is 0.398 e. The number of halogens is 1. The van der Waals surface area contributed by atoms with Gasteiger partial charge in [-0.1, -0.05) is 13.8 Å². The molecular formula is C13H15BrN2O2. The second-order valence-electron chi connectivity index (χ2n) is 5.35. The van der Waals surface area contributed by atoms with E-state index < -0.39 is 0 Å². The van der Waals surface area contributed by atoms with Crippen molar-refractivity contribution in [3.05, 3.63) is 22.7 Å². The van der Waals surface area contributed by atoms with Crippen molar-refractivity contribution < 1.29 is 9.59 Å². The van der Waals surface area contributed by atoms with Crippen LogP contribution in [0.3, 0.4) is 0 Å². The van der Waals surface area contributed by atoms with Crippen molar-refractivity contribution in [2.45, 2.75) is 26.7 Å². The molecule has 0 spiro atoms. The summed E-state index contributed by atoms with van der Waals surface area (Å²) >= 11 is 3.29. The van der Waals surface area contributed by atoms with Gasteiger partial charge >= 0.3 is 0 Å². The van der Waals surface area contributed by atoms with Gasteiger partial charge in [0.15, 0.2) is 0 Å². The fourth-order valence-corrected chi connectivity index (χ4v) is 2.38. The Morgan fingerprint density at radius 3 is 2.28 bits per heavy atom. The van der Waals surface area contributed by atoms with Gasteiger partial charge in [0.05, 0.1) is 5.69 Å². The van der Waals surface area contributed by atoms with Crippen molar-refractivity contribution in [2.24, 2.45) is 5.41 Å². The number of imide groups is 1. The van der Waals surface area contributed by atoms with Crippen molar-refractivity contribution in [3.63, 3.8) is 0 Å². The van der Waals surface area contributed by atoms with Gasteiger partial charge in [0.1, 0.15) is 0 Å². The third-order valence-electron chi connectivity index (χ3n) is 3.00. The second kappa shape index (κ2) is 4.39. The summed E-state index contributed by atoms with van der Waals surface area (Å²) in [5.41, 5.74) is 6.57. The van der Waals surface area contributed by atoms with E-state index in [0.717, 1.165) is 4.47 Å². The number of nitrogen functional groups attached to an aromatic ring is 1. The van der Waals surface area contributed by atoms with Gasteiger partial charge in [0.2, 0.25) is 11.8 Å². The Hall–Kier alpha value is -1.36. The molecule has 1 heterocycles. The number of anilines is 2. The number of rotatable bonds is 1. The fraction of sp³-hybridized carbons (Fsp3) is 0.385. The first kappa shape index (κ1) is 13.1. The highest BCUT2D eigenvalue weighted by molar-refractivity contribution is 9.10. The average molecular weight is 311 g/mol. The summed E-state index contributed by atoms with van der Waals surface area (Å²) in [7, 11) is 0. The summed E-state index contributed by atoms with van der Waals surface area (Å²) < 4.78 is 0.753. The fourth-order valence-electron chi connectivity index (χ4n) is 2.14. The van der Waals surface area contributed by atoms with Gasteiger partial charge in [-0.3, -0.25) is 14.5 Å². The molecule has 0 bridgehead atoms. The molecule has 5 heteroatoms. The van der Waals surface area contributed by atoms with E-state index in [2.05, 4.69) is 15.9 Å². The molecule has 0 radical (unpaired) electrons. The Kier molecular flexibility index (Phi) is 3.19. The monoisotopic (exact) mass is 310 g/mol. The first-order valence-corrected chi connectivity index (χ1v) is 6.50. The molecule has 1 aromatic carbocycles. The van der Waals surface area contributed by atoms with Gasteiger partial charge in [-0.15, -0.1) is 0 Å². The molecule has 0 unspecified atom stereocenters. The lowest BCUT2D eigenvalue weighted by molar-refractivity contribution is -0.132. The van der Waals surface area contributed by atoms with Gasteiger partial charge in [-0.05, 0) is 39.5 Å². The summed E-state index contributed by atoms with van der Waals surface area (Å²) in [4.78, 5) is 25.4. The highest BCUT2D eigenvalue weighted by Gasteiger charge is 2.38. The molecule has 0 aliphatic carbocycles. The third kappa shape index (κ3) is 2.41. The Labute approximate surface area is 114 Å². The lowest BCUT2D eigenvalue weighted by Crippen LogP contribution is -2.46. The van der Waals surface area contributed by atoms with Crippen molar-refractivity contribution in [3.8, 4) is 0 Å². The molecule has 2 amide bonds. The summed E-state index contributed by atoms with van der Waals surface area (Å²) in [5.74, 6) is -0.337. The zero-order valence-electron chi connectivity index (χ0n) is 10.4. The van der Waals surface area contributed by atoms with Crippen LogP contribution >= 0.6 is 15.9 Å². The predicted molar refractivity (Wildman–Crippen MR) is 74.1 cm³/mol. The Morgan fingerprint density at radius 1 is 1.22 bits per heavy atom. The SMILES string of the molecule is CC1(C)CC(=O)N(c2ccc(Br)c(N)c2)C(=O)C1. The van der Waals surface area contributed by atoms with Gasteiger partial charge in [-0.2, -0.15) is 0 Å². The summed E-state index contributed by atoms with van der Waals surface area (Å²) in [5, 5.41) is 0. The lowest BCUT2D eigenvalue weighted by atomic mass is 9.81. The minimum absolute atomic E-state index is 0.169. The van der Waals surface area contributed by atoms with Crippen LogP contribution < -0.4 is 10.6 Å². The Bertz CT molecular complexity index is 506. The van der Waals surface area contributed by atoms with Gasteiger partial charge in [-0.25, -0.2) is 0 Å². The van der Waals surface area contributed by atoms with Gasteiger partial charge < -0.3 is 5.73 Å². The van der Waals surface area contributed by atoms with Crippen LogP contribution in [0.25, 0.3) is 0 Å². The molecule has 1 aliphatic heterocycles. The van der Waals surface area contributed by atoms with E-state index in [-0.39, 0.29) is 17.2 Å². The van der Waals surface area contributed by atoms with E-state index in [1.54, 1.807) is 18.2 Å². The maximum Gasteiger partial charge on any atom is 0.234 e. The topological polar surface area (TPSA) is 63.4 Å². The van der Waals surface area contributed by atoms with Crippen LogP contribution in [-0.4, -0.2) is 11.8 Å². The van der Waals surface area contributed by atoms with Crippen LogP contribution in [0.2, 0.25) is 0 Å². The zero-order valence-corrected chi connectivity index (χ0v) is 12.0. The predicted octanol–water partition coefficient (Wildman–Crippen LogP) is 2.71. The van der Waals surface area contributed by atoms with Crippen LogP contribution in [0.5, 0.6) is 0 Å². The van der Waals surface area contributed by atoms with E-state index in [1.165, 1.54) is 4.90 Å². The molecule has 1 fully saturated rings. The van der Waals surface area contributed by atoms with Crippen LogP contribution in [0.4, 0.5) is 11.4 Å². The van der Waals surface area contributed by atoms with Gasteiger partial charge in [0, 0.05) is 23.0 Å². The van der Waals surface area contributed by atoms with Crippen molar-refractivity contribution in [1.82, 2.24) is 0 Å². The summed E-state index contributed by atoms with van der Waals surface area (Å²) in [6.45, 7) is 3.85. The minimum Gasteiger partial charge on any atom is -0.398 e. The van der Waals surface area contributed by atoms with Crippen molar-refractivity contribution in [1.29, 1.82) is 0 Å². The maximum atomic E-state index is 12.1. The molecule has 4 nitrogen and oxygen atoms in total. The van der Waals surface area contributed by atoms with E-state index in [1.807, 2.05) is 13.8 Å². The molecule has 18 heavy (non-hydrogen) atoms. The molecule has 2 N–H and O–H groups in total. The molecular weight excluding hydrogens is 296 g/mol. The number of nitrogens with two attached hydrogens (primary N) is 1. The summed E-state index contributed by atoms with van der Waals surface area (Å²) in [6, 6.07) is 5.09. The Balaban J connectivity index is 2.36. The lowest BCUT2D eigenvalue weighted by Gasteiger charge is -2.34. The zero-order chi connectivity index (χ0) is 13.5. The molecule has 1 aromatic rings. The average Bonchev–Trinajstić information content (AvgIpc) is 2.20. The highest BCUT2D eigenvalue weighted by atomic mass is 79.9. The van der Waals surface area contributed by atoms with Crippen LogP contribution in [-0.2, 0) is 9.59 Å². The number of carbonyl (C=O) groups is 2. The van der Waals surface area contributed by atoms with Crippen molar-refractivity contribution in [2.75, 3.05) is 10.6 Å². The first-order valence-electron chi connectivity index (χ1n) is 5.71. The minimum atomic E-state index is -0.258. The first-order chi connectivity index (χ1) is 8.30. The van der Waals surface area contributed by atoms with Gasteiger partial charge in [0.25, 0.3) is 0 Å². The molecule has 0 atom stereocenters.